The van der Waals surface area contributed by atoms with Gasteiger partial charge in [-0.3, -0.25) is 0 Å². The summed E-state index contributed by atoms with van der Waals surface area (Å²) >= 11 is 7.33. The van der Waals surface area contributed by atoms with Gasteiger partial charge in [-0.25, -0.2) is 0 Å². The minimum atomic E-state index is 0.418. The molecule has 0 spiro atoms. The summed E-state index contributed by atoms with van der Waals surface area (Å²) in [6.07, 6.45) is 1.31. The van der Waals surface area contributed by atoms with Gasteiger partial charge in [0, 0.05) is 14.9 Å². The molecule has 0 saturated heterocycles. The van der Waals surface area contributed by atoms with Gasteiger partial charge in [0.15, 0.2) is 0 Å². The maximum absolute atomic E-state index is 5.68. The topological polar surface area (TPSA) is 9.23 Å². The number of hydrogen-bond donors (Lipinski definition) is 0. The smallest absolute Gasteiger partial charge is 0.123 e. The third kappa shape index (κ3) is 2.62. The van der Waals surface area contributed by atoms with Crippen LogP contribution in [0.5, 0.6) is 5.75 Å². The molecule has 0 aromatic heterocycles. The van der Waals surface area contributed by atoms with E-state index < -0.39 is 0 Å². The first-order chi connectivity index (χ1) is 7.63. The largest absolute Gasteiger partial charge is 0.494 e. The van der Waals surface area contributed by atoms with Gasteiger partial charge < -0.3 is 4.74 Å². The van der Waals surface area contributed by atoms with Crippen molar-refractivity contribution < 1.29 is 4.74 Å². The van der Waals surface area contributed by atoms with E-state index >= 15 is 0 Å². The van der Waals surface area contributed by atoms with Crippen molar-refractivity contribution in [3.8, 4) is 5.75 Å². The van der Waals surface area contributed by atoms with Gasteiger partial charge in [0.2, 0.25) is 0 Å². The first-order valence-corrected chi connectivity index (χ1v) is 7.40. The summed E-state index contributed by atoms with van der Waals surface area (Å²) in [5.41, 5.74) is 1.27. The van der Waals surface area contributed by atoms with Crippen molar-refractivity contribution in [1.29, 1.82) is 0 Å². The third-order valence-corrected chi connectivity index (χ3v) is 4.78. The highest BCUT2D eigenvalue weighted by molar-refractivity contribution is 9.10. The summed E-state index contributed by atoms with van der Waals surface area (Å²) in [4.78, 5) is 0.418. The molecule has 1 aliphatic carbocycles. The molecule has 3 atom stereocenters. The standard InChI is InChI=1S/C13H16Br2O/c1-3-16-12-5-4-9(14)7-11(12)13(15)10-6-8(10)2/h4-5,7-8,10,13H,3,6H2,1-2H3. The Kier molecular flexibility index (Phi) is 3.96. The monoisotopic (exact) mass is 346 g/mol. The van der Waals surface area contributed by atoms with E-state index in [9.17, 15) is 0 Å². The Labute approximate surface area is 114 Å². The first-order valence-electron chi connectivity index (χ1n) is 5.69. The molecule has 1 aromatic carbocycles. The van der Waals surface area contributed by atoms with E-state index in [-0.39, 0.29) is 0 Å². The molecule has 88 valence electrons. The van der Waals surface area contributed by atoms with Crippen LogP contribution in [0.4, 0.5) is 0 Å². The van der Waals surface area contributed by atoms with Gasteiger partial charge in [-0.2, -0.15) is 0 Å². The van der Waals surface area contributed by atoms with Crippen LogP contribution in [-0.4, -0.2) is 6.61 Å². The second-order valence-corrected chi connectivity index (χ2v) is 6.30. The molecule has 1 fully saturated rings. The lowest BCUT2D eigenvalue weighted by Gasteiger charge is -2.15. The molecule has 1 aromatic rings. The summed E-state index contributed by atoms with van der Waals surface area (Å²) in [6, 6.07) is 6.24. The van der Waals surface area contributed by atoms with Crippen LogP contribution in [0.15, 0.2) is 22.7 Å². The lowest BCUT2D eigenvalue weighted by molar-refractivity contribution is 0.335. The maximum Gasteiger partial charge on any atom is 0.123 e. The first kappa shape index (κ1) is 12.4. The zero-order chi connectivity index (χ0) is 11.7. The number of ether oxygens (including phenoxy) is 1. The minimum Gasteiger partial charge on any atom is -0.494 e. The minimum absolute atomic E-state index is 0.418. The zero-order valence-electron chi connectivity index (χ0n) is 9.54. The van der Waals surface area contributed by atoms with Gasteiger partial charge in [-0.15, -0.1) is 0 Å². The highest BCUT2D eigenvalue weighted by atomic mass is 79.9. The number of halogens is 2. The van der Waals surface area contributed by atoms with Crippen LogP contribution in [0.2, 0.25) is 0 Å². The molecule has 0 radical (unpaired) electrons. The molecule has 0 amide bonds. The van der Waals surface area contributed by atoms with Crippen molar-refractivity contribution in [3.05, 3.63) is 28.2 Å². The second-order valence-electron chi connectivity index (χ2n) is 4.39. The van der Waals surface area contributed by atoms with E-state index in [0.717, 1.165) is 22.1 Å². The normalized spacial score (nSPS) is 25.2. The molecule has 1 aliphatic rings. The van der Waals surface area contributed by atoms with E-state index in [0.29, 0.717) is 11.4 Å². The molecule has 16 heavy (non-hydrogen) atoms. The molecule has 0 bridgehead atoms. The Hall–Kier alpha value is -0.0200. The number of hydrogen-bond acceptors (Lipinski definition) is 1. The predicted molar refractivity (Wildman–Crippen MR) is 74.3 cm³/mol. The fourth-order valence-corrected chi connectivity index (χ4v) is 3.48. The van der Waals surface area contributed by atoms with Gasteiger partial charge in [-0.1, -0.05) is 38.8 Å². The molecule has 1 nitrogen and oxygen atoms in total. The molecule has 3 heteroatoms. The Morgan fingerprint density at radius 1 is 1.50 bits per heavy atom. The maximum atomic E-state index is 5.68. The Balaban J connectivity index is 2.25. The molecule has 0 N–H and O–H groups in total. The van der Waals surface area contributed by atoms with E-state index in [1.54, 1.807) is 0 Å². The van der Waals surface area contributed by atoms with Crippen LogP contribution in [0.3, 0.4) is 0 Å². The SMILES string of the molecule is CCOc1ccc(Br)cc1C(Br)C1CC1C. The molecule has 2 rings (SSSR count). The van der Waals surface area contributed by atoms with Crippen molar-refractivity contribution in [3.63, 3.8) is 0 Å². The average Bonchev–Trinajstić information content (AvgIpc) is 2.97. The van der Waals surface area contributed by atoms with E-state index in [1.165, 1.54) is 12.0 Å². The Morgan fingerprint density at radius 3 is 2.75 bits per heavy atom. The number of benzene rings is 1. The fourth-order valence-electron chi connectivity index (χ4n) is 2.01. The van der Waals surface area contributed by atoms with E-state index in [1.807, 2.05) is 19.1 Å². The summed E-state index contributed by atoms with van der Waals surface area (Å²) in [6.45, 7) is 5.04. The lowest BCUT2D eigenvalue weighted by Crippen LogP contribution is -2.00. The number of rotatable bonds is 4. The number of alkyl halides is 1. The van der Waals surface area contributed by atoms with Crippen molar-refractivity contribution >= 4 is 31.9 Å². The summed E-state index contributed by atoms with van der Waals surface area (Å²) in [5, 5.41) is 0. The lowest BCUT2D eigenvalue weighted by atomic mass is 10.1. The fraction of sp³-hybridized carbons (Fsp3) is 0.538. The highest BCUT2D eigenvalue weighted by Gasteiger charge is 2.39. The molecular weight excluding hydrogens is 332 g/mol. The highest BCUT2D eigenvalue weighted by Crippen LogP contribution is 2.53. The Morgan fingerprint density at radius 2 is 2.19 bits per heavy atom. The van der Waals surface area contributed by atoms with Gasteiger partial charge in [0.25, 0.3) is 0 Å². The van der Waals surface area contributed by atoms with Crippen LogP contribution >= 0.6 is 31.9 Å². The van der Waals surface area contributed by atoms with Crippen molar-refractivity contribution in [2.75, 3.05) is 6.61 Å². The third-order valence-electron chi connectivity index (χ3n) is 3.12. The summed E-state index contributed by atoms with van der Waals surface area (Å²) < 4.78 is 6.79. The Bertz CT molecular complexity index is 378. The van der Waals surface area contributed by atoms with Crippen LogP contribution in [0, 0.1) is 11.8 Å². The van der Waals surface area contributed by atoms with Crippen molar-refractivity contribution in [2.45, 2.75) is 25.1 Å². The molecule has 3 unspecified atom stereocenters. The van der Waals surface area contributed by atoms with Gasteiger partial charge in [0.05, 0.1) is 6.61 Å². The average molecular weight is 348 g/mol. The second kappa shape index (κ2) is 5.09. The quantitative estimate of drug-likeness (QED) is 0.701. The van der Waals surface area contributed by atoms with Crippen molar-refractivity contribution in [1.82, 2.24) is 0 Å². The summed E-state index contributed by atoms with van der Waals surface area (Å²) in [7, 11) is 0. The van der Waals surface area contributed by atoms with Crippen LogP contribution < -0.4 is 4.74 Å². The van der Waals surface area contributed by atoms with E-state index in [2.05, 4.69) is 44.8 Å². The van der Waals surface area contributed by atoms with Gasteiger partial charge >= 0.3 is 0 Å². The van der Waals surface area contributed by atoms with Gasteiger partial charge in [0.1, 0.15) is 5.75 Å². The molecule has 1 saturated carbocycles. The van der Waals surface area contributed by atoms with Crippen LogP contribution in [0.1, 0.15) is 30.7 Å². The molecular formula is C13H16Br2O. The van der Waals surface area contributed by atoms with Crippen LogP contribution in [-0.2, 0) is 0 Å². The predicted octanol–water partition coefficient (Wildman–Crippen LogP) is 4.94. The van der Waals surface area contributed by atoms with Crippen LogP contribution in [0.25, 0.3) is 0 Å². The van der Waals surface area contributed by atoms with E-state index in [4.69, 9.17) is 4.74 Å². The van der Waals surface area contributed by atoms with Crippen molar-refractivity contribution in [2.24, 2.45) is 11.8 Å². The molecule has 0 heterocycles. The van der Waals surface area contributed by atoms with Gasteiger partial charge in [-0.05, 0) is 43.4 Å². The summed E-state index contributed by atoms with van der Waals surface area (Å²) in [5.74, 6) is 2.60. The molecule has 0 aliphatic heterocycles. The zero-order valence-corrected chi connectivity index (χ0v) is 12.7.